The maximum atomic E-state index is 13.0. The smallest absolute Gasteiger partial charge is 0.354 e. The summed E-state index contributed by atoms with van der Waals surface area (Å²) < 4.78 is 13.0. The van der Waals surface area contributed by atoms with Gasteiger partial charge in [-0.3, -0.25) is 4.79 Å². The topological polar surface area (TPSA) is 79.3 Å². The van der Waals surface area contributed by atoms with Gasteiger partial charge in [-0.2, -0.15) is 0 Å². The molecule has 0 aliphatic heterocycles. The van der Waals surface area contributed by atoms with Gasteiger partial charge in [0.2, 0.25) is 0 Å². The van der Waals surface area contributed by atoms with Crippen molar-refractivity contribution < 1.29 is 19.1 Å². The predicted molar refractivity (Wildman–Crippen MR) is 73.5 cm³/mol. The number of aromatic carboxylic acids is 1. The van der Waals surface area contributed by atoms with Crippen LogP contribution in [-0.4, -0.2) is 22.0 Å². The third-order valence-corrected chi connectivity index (χ3v) is 2.93. The van der Waals surface area contributed by atoms with E-state index in [2.05, 4.69) is 10.3 Å². The van der Waals surface area contributed by atoms with Gasteiger partial charge in [0.25, 0.3) is 5.91 Å². The zero-order chi connectivity index (χ0) is 15.4. The van der Waals surface area contributed by atoms with Crippen LogP contribution in [0.1, 0.15) is 32.0 Å². The second kappa shape index (κ2) is 6.13. The summed E-state index contributed by atoms with van der Waals surface area (Å²) in [7, 11) is 0. The lowest BCUT2D eigenvalue weighted by atomic mass is 10.1. The summed E-state index contributed by atoms with van der Waals surface area (Å²) in [6.07, 6.45) is 1.39. The maximum absolute atomic E-state index is 13.0. The Bertz CT molecular complexity index is 684. The average Bonchev–Trinajstić information content (AvgIpc) is 2.45. The fourth-order valence-corrected chi connectivity index (χ4v) is 1.81. The van der Waals surface area contributed by atoms with E-state index in [-0.39, 0.29) is 18.1 Å². The Balaban J connectivity index is 2.02. The number of hydrogen-bond acceptors (Lipinski definition) is 3. The Kier molecular flexibility index (Phi) is 4.27. The zero-order valence-corrected chi connectivity index (χ0v) is 11.3. The van der Waals surface area contributed by atoms with E-state index in [1.807, 2.05) is 0 Å². The molecule has 6 heteroatoms. The number of pyridine rings is 1. The molecule has 0 radical (unpaired) electrons. The van der Waals surface area contributed by atoms with Gasteiger partial charge >= 0.3 is 5.97 Å². The van der Waals surface area contributed by atoms with E-state index >= 15 is 0 Å². The van der Waals surface area contributed by atoms with Crippen LogP contribution in [0.4, 0.5) is 4.39 Å². The summed E-state index contributed by atoms with van der Waals surface area (Å²) in [4.78, 5) is 26.4. The summed E-state index contributed by atoms with van der Waals surface area (Å²) in [5.41, 5.74) is 1.56. The van der Waals surface area contributed by atoms with Gasteiger partial charge in [-0.05, 0) is 42.3 Å². The second-order valence-electron chi connectivity index (χ2n) is 4.50. The fourth-order valence-electron chi connectivity index (χ4n) is 1.81. The highest BCUT2D eigenvalue weighted by Crippen LogP contribution is 2.10. The average molecular weight is 288 g/mol. The monoisotopic (exact) mass is 288 g/mol. The first-order chi connectivity index (χ1) is 9.97. The van der Waals surface area contributed by atoms with Gasteiger partial charge in [-0.15, -0.1) is 0 Å². The largest absolute Gasteiger partial charge is 0.477 e. The summed E-state index contributed by atoms with van der Waals surface area (Å²) in [5.74, 6) is -1.82. The second-order valence-corrected chi connectivity index (χ2v) is 4.50. The molecule has 2 rings (SSSR count). The summed E-state index contributed by atoms with van der Waals surface area (Å²) in [6, 6.07) is 6.89. The number of hydrogen-bond donors (Lipinski definition) is 2. The molecule has 1 aromatic heterocycles. The highest BCUT2D eigenvalue weighted by atomic mass is 19.1. The maximum Gasteiger partial charge on any atom is 0.354 e. The number of aromatic nitrogens is 1. The van der Waals surface area contributed by atoms with Crippen molar-refractivity contribution in [2.24, 2.45) is 0 Å². The van der Waals surface area contributed by atoms with Crippen LogP contribution in [-0.2, 0) is 6.54 Å². The van der Waals surface area contributed by atoms with E-state index in [9.17, 15) is 14.0 Å². The first-order valence-electron chi connectivity index (χ1n) is 6.20. The molecule has 1 amide bonds. The van der Waals surface area contributed by atoms with Crippen molar-refractivity contribution in [1.82, 2.24) is 10.3 Å². The minimum absolute atomic E-state index is 0.0561. The standard InChI is InChI=1S/C15H13FN2O3/c1-9-6-11(16)3-4-12(9)14(19)18-8-10-2-5-13(15(20)21)17-7-10/h2-7H,8H2,1H3,(H,18,19)(H,20,21). The molecule has 21 heavy (non-hydrogen) atoms. The summed E-state index contributed by atoms with van der Waals surface area (Å²) >= 11 is 0. The van der Waals surface area contributed by atoms with Crippen molar-refractivity contribution in [2.45, 2.75) is 13.5 Å². The third kappa shape index (κ3) is 3.62. The van der Waals surface area contributed by atoms with E-state index in [4.69, 9.17) is 5.11 Å². The lowest BCUT2D eigenvalue weighted by Crippen LogP contribution is -2.23. The number of aryl methyl sites for hydroxylation is 1. The first kappa shape index (κ1) is 14.6. The summed E-state index contributed by atoms with van der Waals surface area (Å²) in [5, 5.41) is 11.4. The van der Waals surface area contributed by atoms with Crippen LogP contribution >= 0.6 is 0 Å². The van der Waals surface area contributed by atoms with Crippen LogP contribution in [0, 0.1) is 12.7 Å². The van der Waals surface area contributed by atoms with Gasteiger partial charge in [0, 0.05) is 18.3 Å². The number of rotatable bonds is 4. The lowest BCUT2D eigenvalue weighted by Gasteiger charge is -2.08. The number of carboxylic acids is 1. The third-order valence-electron chi connectivity index (χ3n) is 2.93. The Labute approximate surface area is 120 Å². The van der Waals surface area contributed by atoms with Gasteiger partial charge in [-0.25, -0.2) is 14.2 Å². The van der Waals surface area contributed by atoms with E-state index in [0.717, 1.165) is 0 Å². The van der Waals surface area contributed by atoms with Crippen molar-refractivity contribution in [3.05, 3.63) is 64.7 Å². The van der Waals surface area contributed by atoms with Gasteiger partial charge in [0.1, 0.15) is 11.5 Å². The zero-order valence-electron chi connectivity index (χ0n) is 11.3. The molecule has 2 aromatic rings. The van der Waals surface area contributed by atoms with Gasteiger partial charge in [-0.1, -0.05) is 6.07 Å². The predicted octanol–water partition coefficient (Wildman–Crippen LogP) is 2.16. The number of carboxylic acid groups (broad SMARTS) is 1. The molecule has 1 heterocycles. The van der Waals surface area contributed by atoms with E-state index in [1.54, 1.807) is 13.0 Å². The molecule has 1 aromatic carbocycles. The van der Waals surface area contributed by atoms with E-state index in [1.165, 1.54) is 30.5 Å². The molecular weight excluding hydrogens is 275 g/mol. The lowest BCUT2D eigenvalue weighted by molar-refractivity contribution is 0.0690. The van der Waals surface area contributed by atoms with Crippen molar-refractivity contribution in [1.29, 1.82) is 0 Å². The first-order valence-corrected chi connectivity index (χ1v) is 6.20. The molecule has 0 unspecified atom stereocenters. The normalized spacial score (nSPS) is 10.2. The van der Waals surface area contributed by atoms with Crippen LogP contribution in [0.2, 0.25) is 0 Å². The highest BCUT2D eigenvalue weighted by Gasteiger charge is 2.10. The number of carbonyl (C=O) groups excluding carboxylic acids is 1. The SMILES string of the molecule is Cc1cc(F)ccc1C(=O)NCc1ccc(C(=O)O)nc1. The van der Waals surface area contributed by atoms with E-state index in [0.29, 0.717) is 16.7 Å². The molecule has 0 fully saturated rings. The number of benzene rings is 1. The molecule has 2 N–H and O–H groups in total. The van der Waals surface area contributed by atoms with Crippen LogP contribution in [0.15, 0.2) is 36.5 Å². The van der Waals surface area contributed by atoms with Crippen molar-refractivity contribution in [2.75, 3.05) is 0 Å². The minimum atomic E-state index is -1.10. The molecule has 0 aliphatic rings. The minimum Gasteiger partial charge on any atom is -0.477 e. The van der Waals surface area contributed by atoms with Crippen molar-refractivity contribution in [3.63, 3.8) is 0 Å². The van der Waals surface area contributed by atoms with Gasteiger partial charge in [0.05, 0.1) is 0 Å². The molecule has 108 valence electrons. The molecule has 0 spiro atoms. The molecule has 0 aliphatic carbocycles. The molecule has 0 atom stereocenters. The fraction of sp³-hybridized carbons (Fsp3) is 0.133. The molecule has 0 saturated carbocycles. The van der Waals surface area contributed by atoms with Crippen LogP contribution in [0.5, 0.6) is 0 Å². The molecule has 0 saturated heterocycles. The Morgan fingerprint density at radius 3 is 2.62 bits per heavy atom. The van der Waals surface area contributed by atoms with Crippen LogP contribution < -0.4 is 5.32 Å². The number of amides is 1. The Hall–Kier alpha value is -2.76. The quantitative estimate of drug-likeness (QED) is 0.903. The number of carbonyl (C=O) groups is 2. The molecule has 0 bridgehead atoms. The number of nitrogens with one attached hydrogen (secondary N) is 1. The molecular formula is C15H13FN2O3. The van der Waals surface area contributed by atoms with Crippen molar-refractivity contribution in [3.8, 4) is 0 Å². The highest BCUT2D eigenvalue weighted by molar-refractivity contribution is 5.95. The summed E-state index contributed by atoms with van der Waals surface area (Å²) in [6.45, 7) is 1.86. The number of halogens is 1. The van der Waals surface area contributed by atoms with E-state index < -0.39 is 11.8 Å². The van der Waals surface area contributed by atoms with Crippen LogP contribution in [0.25, 0.3) is 0 Å². The van der Waals surface area contributed by atoms with Crippen LogP contribution in [0.3, 0.4) is 0 Å². The Morgan fingerprint density at radius 1 is 1.29 bits per heavy atom. The Morgan fingerprint density at radius 2 is 2.05 bits per heavy atom. The van der Waals surface area contributed by atoms with Crippen molar-refractivity contribution >= 4 is 11.9 Å². The molecule has 5 nitrogen and oxygen atoms in total. The van der Waals surface area contributed by atoms with Gasteiger partial charge in [0.15, 0.2) is 0 Å². The van der Waals surface area contributed by atoms with Gasteiger partial charge < -0.3 is 10.4 Å². The number of nitrogens with zero attached hydrogens (tertiary/aromatic N) is 1.